The van der Waals surface area contributed by atoms with Gasteiger partial charge in [0.1, 0.15) is 12.2 Å². The predicted octanol–water partition coefficient (Wildman–Crippen LogP) is 4.01. The number of halogens is 1. The van der Waals surface area contributed by atoms with E-state index in [9.17, 15) is 23.9 Å². The van der Waals surface area contributed by atoms with E-state index in [-0.39, 0.29) is 56.5 Å². The average molecular weight is 565 g/mol. The van der Waals surface area contributed by atoms with Gasteiger partial charge in [-0.2, -0.15) is 0 Å². The molecule has 2 unspecified atom stereocenters. The zero-order valence-corrected chi connectivity index (χ0v) is 23.6. The first-order valence-corrected chi connectivity index (χ1v) is 14.1. The third kappa shape index (κ3) is 7.42. The molecule has 40 heavy (non-hydrogen) atoms. The molecule has 0 bridgehead atoms. The van der Waals surface area contributed by atoms with Gasteiger partial charge in [0.05, 0.1) is 43.9 Å². The summed E-state index contributed by atoms with van der Waals surface area (Å²) < 4.78 is 37.6. The Balaban J connectivity index is 1.34. The summed E-state index contributed by atoms with van der Waals surface area (Å²) in [7, 11) is 0. The number of esters is 1. The monoisotopic (exact) mass is 564 g/mol. The number of carbonyl (C=O) groups excluding carboxylic acids is 2. The van der Waals surface area contributed by atoms with Crippen molar-refractivity contribution >= 4 is 18.0 Å². The highest BCUT2D eigenvalue weighted by atomic mass is 19.1. The summed E-state index contributed by atoms with van der Waals surface area (Å²) in [5, 5.41) is 12.8. The molecule has 11 heteroatoms. The lowest BCUT2D eigenvalue weighted by molar-refractivity contribution is -0.155. The smallest absolute Gasteiger partial charge is 0.407 e. The van der Waals surface area contributed by atoms with Crippen LogP contribution in [0.3, 0.4) is 0 Å². The molecule has 3 fully saturated rings. The summed E-state index contributed by atoms with van der Waals surface area (Å²) in [6.07, 6.45) is 3.07. The third-order valence-electron chi connectivity index (χ3n) is 7.84. The summed E-state index contributed by atoms with van der Waals surface area (Å²) in [6.45, 7) is 6.15. The summed E-state index contributed by atoms with van der Waals surface area (Å²) in [5.74, 6) is -0.876. The van der Waals surface area contributed by atoms with E-state index in [0.29, 0.717) is 32.2 Å². The van der Waals surface area contributed by atoms with E-state index in [1.807, 2.05) is 6.07 Å². The highest BCUT2D eigenvalue weighted by Gasteiger charge is 2.50. The van der Waals surface area contributed by atoms with Gasteiger partial charge in [0.15, 0.2) is 11.6 Å². The van der Waals surface area contributed by atoms with Crippen molar-refractivity contribution in [3.8, 4) is 5.75 Å². The summed E-state index contributed by atoms with van der Waals surface area (Å²) in [6, 6.07) is 4.33. The van der Waals surface area contributed by atoms with Crippen LogP contribution in [0.25, 0.3) is 0 Å². The molecule has 1 aromatic carbocycles. The maximum Gasteiger partial charge on any atom is 0.407 e. The Bertz CT molecular complexity index is 1060. The number of nitrogens with zero attached hydrogens (tertiary/aromatic N) is 1. The maximum atomic E-state index is 14.7. The number of hydrogen-bond donors (Lipinski definition) is 2. The van der Waals surface area contributed by atoms with Crippen molar-refractivity contribution in [2.75, 3.05) is 33.0 Å². The average Bonchev–Trinajstić information content (AvgIpc) is 2.88. The van der Waals surface area contributed by atoms with Crippen LogP contribution in [0.1, 0.15) is 77.2 Å². The summed E-state index contributed by atoms with van der Waals surface area (Å²) >= 11 is 0. The van der Waals surface area contributed by atoms with E-state index in [4.69, 9.17) is 18.9 Å². The quantitative estimate of drug-likeness (QED) is 0.454. The lowest BCUT2D eigenvalue weighted by Crippen LogP contribution is -2.71. The van der Waals surface area contributed by atoms with E-state index >= 15 is 0 Å². The lowest BCUT2D eigenvalue weighted by atomic mass is 9.80. The molecule has 1 saturated carbocycles. The van der Waals surface area contributed by atoms with Gasteiger partial charge in [0.2, 0.25) is 5.91 Å². The number of benzene rings is 1. The molecule has 2 heterocycles. The Morgan fingerprint density at radius 2 is 1.98 bits per heavy atom. The highest BCUT2D eigenvalue weighted by Crippen LogP contribution is 2.40. The second kappa shape index (κ2) is 12.7. The molecule has 0 radical (unpaired) electrons. The number of nitrogens with one attached hydrogen (secondary N) is 1. The third-order valence-corrected chi connectivity index (χ3v) is 7.84. The normalized spacial score (nSPS) is 27.2. The van der Waals surface area contributed by atoms with Crippen LogP contribution in [-0.2, 0) is 23.8 Å². The van der Waals surface area contributed by atoms with Gasteiger partial charge in [-0.25, -0.2) is 9.18 Å². The molecule has 2 saturated heterocycles. The summed E-state index contributed by atoms with van der Waals surface area (Å²) in [5.41, 5.74) is -0.619. The maximum absolute atomic E-state index is 14.7. The molecule has 222 valence electrons. The second-order valence-corrected chi connectivity index (χ2v) is 11.9. The Kier molecular flexibility index (Phi) is 9.56. The minimum Gasteiger partial charge on any atom is -0.490 e. The molecule has 0 aromatic heterocycles. The van der Waals surface area contributed by atoms with Crippen LogP contribution in [-0.4, -0.2) is 84.2 Å². The molecule has 2 N–H and O–H groups in total. The molecule has 2 aliphatic heterocycles. The van der Waals surface area contributed by atoms with E-state index in [1.165, 1.54) is 11.0 Å². The van der Waals surface area contributed by atoms with Gasteiger partial charge < -0.3 is 34.3 Å². The number of likely N-dealkylation sites (tertiary alicyclic amines) is 1. The van der Waals surface area contributed by atoms with E-state index in [2.05, 4.69) is 5.32 Å². The molecule has 1 aliphatic carbocycles. The van der Waals surface area contributed by atoms with Crippen molar-refractivity contribution in [1.29, 1.82) is 0 Å². The first-order chi connectivity index (χ1) is 19.0. The van der Waals surface area contributed by atoms with Gasteiger partial charge in [0, 0.05) is 12.1 Å². The number of hydrogen-bond acceptors (Lipinski definition) is 7. The van der Waals surface area contributed by atoms with Crippen LogP contribution in [0.4, 0.5) is 9.18 Å². The second-order valence-electron chi connectivity index (χ2n) is 11.9. The first kappa shape index (κ1) is 30.0. The molecule has 10 nitrogen and oxygen atoms in total. The number of carboxylic acid groups (broad SMARTS) is 1. The fourth-order valence-corrected chi connectivity index (χ4v) is 6.05. The first-order valence-electron chi connectivity index (χ1n) is 14.1. The number of ether oxygens (including phenoxy) is 4. The van der Waals surface area contributed by atoms with Crippen molar-refractivity contribution in [2.45, 2.75) is 94.9 Å². The van der Waals surface area contributed by atoms with Crippen LogP contribution >= 0.6 is 0 Å². The van der Waals surface area contributed by atoms with Crippen LogP contribution < -0.4 is 10.1 Å². The predicted molar refractivity (Wildman–Crippen MR) is 143 cm³/mol. The van der Waals surface area contributed by atoms with Crippen molar-refractivity contribution in [2.24, 2.45) is 0 Å². The number of rotatable bonds is 8. The van der Waals surface area contributed by atoms with Crippen molar-refractivity contribution in [1.82, 2.24) is 10.2 Å². The SMILES string of the molecule is CC(C)(C)OC(=O)CCOc1c(F)cccc1C1CCC(OCC2N(C(=O)O)CCCC23COCC(=O)N3)CC1. The van der Waals surface area contributed by atoms with Crippen LogP contribution in [0.15, 0.2) is 18.2 Å². The number of piperidine rings is 1. The zero-order chi connectivity index (χ0) is 28.9. The Morgan fingerprint density at radius 1 is 1.23 bits per heavy atom. The topological polar surface area (TPSA) is 124 Å². The number of para-hydroxylation sites is 1. The van der Waals surface area contributed by atoms with Gasteiger partial charge in [0.25, 0.3) is 0 Å². The highest BCUT2D eigenvalue weighted by molar-refractivity contribution is 5.79. The zero-order valence-electron chi connectivity index (χ0n) is 23.6. The molecule has 4 rings (SSSR count). The van der Waals surface area contributed by atoms with Crippen LogP contribution in [0.2, 0.25) is 0 Å². The molecule has 2 amide bonds. The van der Waals surface area contributed by atoms with Gasteiger partial charge in [-0.1, -0.05) is 12.1 Å². The lowest BCUT2D eigenvalue weighted by Gasteiger charge is -2.50. The van der Waals surface area contributed by atoms with Gasteiger partial charge >= 0.3 is 12.1 Å². The Labute approximate surface area is 234 Å². The van der Waals surface area contributed by atoms with Crippen molar-refractivity contribution in [3.63, 3.8) is 0 Å². The number of carbonyl (C=O) groups is 3. The standard InChI is InChI=1S/C29H41FN2O8/c1-28(2,3)40-25(34)12-15-38-26-21(6-4-7-22(26)30)19-8-10-20(11-9-19)39-16-23-29(18-37-17-24(33)31-29)13-5-14-32(23)27(35)36/h4,6-7,19-20,23H,5,8-18H2,1-3H3,(H,31,33)(H,35,36). The van der Waals surface area contributed by atoms with Crippen LogP contribution in [0.5, 0.6) is 5.75 Å². The molecular weight excluding hydrogens is 523 g/mol. The van der Waals surface area contributed by atoms with Crippen molar-refractivity contribution < 1.29 is 42.8 Å². The van der Waals surface area contributed by atoms with Crippen LogP contribution in [0, 0.1) is 5.82 Å². The Hall–Kier alpha value is -2.92. The number of morpholine rings is 1. The van der Waals surface area contributed by atoms with E-state index in [0.717, 1.165) is 18.4 Å². The fraction of sp³-hybridized carbons (Fsp3) is 0.690. The molecule has 1 aromatic rings. The fourth-order valence-electron chi connectivity index (χ4n) is 6.05. The number of amides is 2. The minimum atomic E-state index is -1.04. The van der Waals surface area contributed by atoms with Gasteiger partial charge in [-0.3, -0.25) is 9.59 Å². The molecule has 1 spiro atoms. The van der Waals surface area contributed by atoms with Gasteiger partial charge in [-0.05, 0) is 71.3 Å². The van der Waals surface area contributed by atoms with Gasteiger partial charge in [-0.15, -0.1) is 0 Å². The molecule has 3 aliphatic rings. The largest absolute Gasteiger partial charge is 0.490 e. The molecule has 2 atom stereocenters. The van der Waals surface area contributed by atoms with E-state index < -0.39 is 35.1 Å². The van der Waals surface area contributed by atoms with Crippen molar-refractivity contribution in [3.05, 3.63) is 29.6 Å². The Morgan fingerprint density at radius 3 is 2.65 bits per heavy atom. The molecular formula is C29H41FN2O8. The van der Waals surface area contributed by atoms with E-state index in [1.54, 1.807) is 26.8 Å². The minimum absolute atomic E-state index is 0.0186. The summed E-state index contributed by atoms with van der Waals surface area (Å²) in [4.78, 5) is 37.5.